The lowest BCUT2D eigenvalue weighted by Gasteiger charge is -2.11. The Morgan fingerprint density at radius 2 is 1.90 bits per heavy atom. The van der Waals surface area contributed by atoms with Crippen molar-refractivity contribution in [3.63, 3.8) is 0 Å². The summed E-state index contributed by atoms with van der Waals surface area (Å²) in [7, 11) is 0. The number of ether oxygens (including phenoxy) is 1. The summed E-state index contributed by atoms with van der Waals surface area (Å²) in [5, 5.41) is 16.2. The molecule has 0 atom stereocenters. The molecule has 0 fully saturated rings. The number of anilines is 1. The summed E-state index contributed by atoms with van der Waals surface area (Å²) in [6.07, 6.45) is -3.15. The Morgan fingerprint density at radius 1 is 1.10 bits per heavy atom. The lowest BCUT2D eigenvalue weighted by Crippen LogP contribution is -2.17. The van der Waals surface area contributed by atoms with Crippen molar-refractivity contribution in [1.29, 1.82) is 0 Å². The molecule has 31 heavy (non-hydrogen) atoms. The molecule has 10 heteroatoms. The number of carboxylic acids is 1. The average Bonchev–Trinajstić information content (AvgIpc) is 3.15. The Bertz CT molecular complexity index is 1240. The van der Waals surface area contributed by atoms with Crippen molar-refractivity contribution in [2.75, 3.05) is 5.32 Å². The third-order valence-corrected chi connectivity index (χ3v) is 4.38. The van der Waals surface area contributed by atoms with E-state index >= 15 is 0 Å². The van der Waals surface area contributed by atoms with Crippen LogP contribution in [0.5, 0.6) is 5.75 Å². The number of nitrogens with zero attached hydrogens (tertiary/aromatic N) is 2. The average molecular weight is 429 g/mol. The number of carbonyl (C=O) groups is 1. The van der Waals surface area contributed by atoms with Gasteiger partial charge in [-0.1, -0.05) is 23.4 Å². The van der Waals surface area contributed by atoms with Gasteiger partial charge in [0.15, 0.2) is 11.3 Å². The molecule has 0 spiro atoms. The Labute approximate surface area is 173 Å². The second-order valence-electron chi connectivity index (χ2n) is 6.53. The van der Waals surface area contributed by atoms with Crippen molar-refractivity contribution >= 4 is 22.8 Å². The molecule has 0 aliphatic heterocycles. The second kappa shape index (κ2) is 7.98. The largest absolute Gasteiger partial charge is 0.573 e. The van der Waals surface area contributed by atoms with Gasteiger partial charge in [0.05, 0.1) is 5.39 Å². The Kier molecular flexibility index (Phi) is 5.20. The first-order chi connectivity index (χ1) is 14.8. The normalized spacial score (nSPS) is 11.5. The monoisotopic (exact) mass is 429 g/mol. The molecule has 2 aromatic heterocycles. The number of hydrogen-bond acceptors (Lipinski definition) is 6. The first-order valence-electron chi connectivity index (χ1n) is 8.96. The van der Waals surface area contributed by atoms with E-state index in [0.717, 1.165) is 11.1 Å². The van der Waals surface area contributed by atoms with Gasteiger partial charge in [-0.25, -0.2) is 9.78 Å². The summed E-state index contributed by atoms with van der Waals surface area (Å²) in [6, 6.07) is 14.2. The summed E-state index contributed by atoms with van der Waals surface area (Å²) < 4.78 is 46.0. The van der Waals surface area contributed by atoms with Gasteiger partial charge in [0.1, 0.15) is 11.6 Å². The van der Waals surface area contributed by atoms with E-state index in [1.54, 1.807) is 42.6 Å². The summed E-state index contributed by atoms with van der Waals surface area (Å²) in [4.78, 5) is 15.5. The molecule has 0 aliphatic rings. The van der Waals surface area contributed by atoms with Crippen LogP contribution in [-0.2, 0) is 6.54 Å². The van der Waals surface area contributed by atoms with Gasteiger partial charge >= 0.3 is 12.3 Å². The number of halogens is 3. The first-order valence-corrected chi connectivity index (χ1v) is 8.96. The summed E-state index contributed by atoms with van der Waals surface area (Å²) in [6.45, 7) is 0.246. The molecule has 2 aromatic carbocycles. The number of fused-ring (bicyclic) bond motifs is 1. The molecule has 0 unspecified atom stereocenters. The van der Waals surface area contributed by atoms with E-state index in [1.807, 2.05) is 0 Å². The van der Waals surface area contributed by atoms with Crippen molar-refractivity contribution in [3.8, 4) is 16.9 Å². The quantitative estimate of drug-likeness (QED) is 0.440. The number of benzene rings is 2. The summed E-state index contributed by atoms with van der Waals surface area (Å²) in [5.74, 6) is -0.957. The molecule has 7 nitrogen and oxygen atoms in total. The van der Waals surface area contributed by atoms with Crippen molar-refractivity contribution in [2.24, 2.45) is 0 Å². The minimum atomic E-state index is -4.75. The fraction of sp³-hybridized carbons (Fsp3) is 0.0952. The molecular formula is C21H14F3N3O4. The first kappa shape index (κ1) is 20.2. The minimum absolute atomic E-state index is 0.167. The number of aromatic carboxylic acids is 1. The zero-order valence-corrected chi connectivity index (χ0v) is 15.7. The predicted molar refractivity (Wildman–Crippen MR) is 105 cm³/mol. The van der Waals surface area contributed by atoms with Gasteiger partial charge in [0, 0.05) is 18.3 Å². The van der Waals surface area contributed by atoms with Gasteiger partial charge in [-0.05, 0) is 47.5 Å². The summed E-state index contributed by atoms with van der Waals surface area (Å²) >= 11 is 0. The maximum absolute atomic E-state index is 12.3. The van der Waals surface area contributed by atoms with Crippen LogP contribution >= 0.6 is 0 Å². The topological polar surface area (TPSA) is 97.5 Å². The van der Waals surface area contributed by atoms with Crippen molar-refractivity contribution < 1.29 is 32.3 Å². The molecule has 158 valence electrons. The van der Waals surface area contributed by atoms with Gasteiger partial charge in [0.25, 0.3) is 0 Å². The lowest BCUT2D eigenvalue weighted by atomic mass is 10.0. The molecule has 0 bridgehead atoms. The third kappa shape index (κ3) is 4.74. The van der Waals surface area contributed by atoms with E-state index in [4.69, 9.17) is 4.52 Å². The number of hydrogen-bond donors (Lipinski definition) is 2. The van der Waals surface area contributed by atoms with Crippen LogP contribution in [0.1, 0.15) is 16.1 Å². The highest BCUT2D eigenvalue weighted by molar-refractivity contribution is 6.01. The molecule has 0 saturated heterocycles. The number of aromatic nitrogens is 2. The van der Waals surface area contributed by atoms with Crippen LogP contribution in [0.2, 0.25) is 0 Å². The summed E-state index contributed by atoms with van der Waals surface area (Å²) in [5.41, 5.74) is 2.26. The molecule has 0 aliphatic carbocycles. The van der Waals surface area contributed by atoms with Crippen LogP contribution in [0.15, 0.2) is 65.3 Å². The van der Waals surface area contributed by atoms with Gasteiger partial charge in [-0.3, -0.25) is 0 Å². The molecule has 4 aromatic rings. The van der Waals surface area contributed by atoms with Crippen LogP contribution in [0.3, 0.4) is 0 Å². The maximum atomic E-state index is 12.3. The Morgan fingerprint density at radius 3 is 2.61 bits per heavy atom. The maximum Gasteiger partial charge on any atom is 0.573 e. The number of nitrogens with one attached hydrogen (secondary N) is 1. The van der Waals surface area contributed by atoms with E-state index in [-0.39, 0.29) is 18.0 Å². The van der Waals surface area contributed by atoms with E-state index in [0.29, 0.717) is 22.4 Å². The van der Waals surface area contributed by atoms with Gasteiger partial charge in [-0.2, -0.15) is 0 Å². The molecule has 0 saturated carbocycles. The van der Waals surface area contributed by atoms with Crippen molar-refractivity contribution in [3.05, 3.63) is 72.1 Å². The molecular weight excluding hydrogens is 415 g/mol. The fourth-order valence-electron chi connectivity index (χ4n) is 2.99. The van der Waals surface area contributed by atoms with E-state index in [2.05, 4.69) is 20.2 Å². The standard InChI is InChI=1S/C21H14F3N3O4/c22-21(23,24)30-15-3-1-2-12(8-15)10-25-18-7-5-14(11-26-18)13-4-6-17-16(9-13)19(20(28)29)27-31-17/h1-9,11H,10H2,(H,25,26)(H,28,29). The number of carboxylic acid groups (broad SMARTS) is 1. The molecule has 4 rings (SSSR count). The number of rotatable bonds is 6. The molecule has 0 radical (unpaired) electrons. The minimum Gasteiger partial charge on any atom is -0.476 e. The highest BCUT2D eigenvalue weighted by Gasteiger charge is 2.31. The van der Waals surface area contributed by atoms with Gasteiger partial charge < -0.3 is 19.7 Å². The predicted octanol–water partition coefficient (Wildman–Crippen LogP) is 5.10. The van der Waals surface area contributed by atoms with E-state index in [1.165, 1.54) is 18.2 Å². The van der Waals surface area contributed by atoms with Gasteiger partial charge in [-0.15, -0.1) is 13.2 Å². The van der Waals surface area contributed by atoms with E-state index in [9.17, 15) is 23.1 Å². The van der Waals surface area contributed by atoms with Gasteiger partial charge in [0.2, 0.25) is 0 Å². The van der Waals surface area contributed by atoms with Crippen LogP contribution in [0, 0.1) is 0 Å². The SMILES string of the molecule is O=C(O)c1noc2ccc(-c3ccc(NCc4cccc(OC(F)(F)F)c4)nc3)cc12. The third-order valence-electron chi connectivity index (χ3n) is 4.38. The molecule has 2 N–H and O–H groups in total. The van der Waals surface area contributed by atoms with Crippen LogP contribution in [0.25, 0.3) is 22.1 Å². The molecule has 2 heterocycles. The zero-order chi connectivity index (χ0) is 22.0. The van der Waals surface area contributed by atoms with Crippen LogP contribution in [-0.4, -0.2) is 27.6 Å². The van der Waals surface area contributed by atoms with Crippen LogP contribution < -0.4 is 10.1 Å². The fourth-order valence-corrected chi connectivity index (χ4v) is 2.99. The van der Waals surface area contributed by atoms with E-state index < -0.39 is 12.3 Å². The highest BCUT2D eigenvalue weighted by Crippen LogP contribution is 2.27. The van der Waals surface area contributed by atoms with Crippen molar-refractivity contribution in [1.82, 2.24) is 10.1 Å². The van der Waals surface area contributed by atoms with Crippen LogP contribution in [0.4, 0.5) is 19.0 Å². The number of alkyl halides is 3. The second-order valence-corrected chi connectivity index (χ2v) is 6.53. The molecule has 0 amide bonds. The zero-order valence-electron chi connectivity index (χ0n) is 15.7. The Hall–Kier alpha value is -4.08. The lowest BCUT2D eigenvalue weighted by molar-refractivity contribution is -0.274. The Balaban J connectivity index is 1.47. The van der Waals surface area contributed by atoms with Crippen molar-refractivity contribution in [2.45, 2.75) is 12.9 Å². The highest BCUT2D eigenvalue weighted by atomic mass is 19.4. The smallest absolute Gasteiger partial charge is 0.476 e. The number of pyridine rings is 1.